The maximum absolute atomic E-state index is 11.0. The molecule has 1 aromatic heterocycles. The molecule has 17 heavy (non-hydrogen) atoms. The van der Waals surface area contributed by atoms with E-state index in [-0.39, 0.29) is 11.7 Å². The van der Waals surface area contributed by atoms with Crippen LogP contribution in [0.3, 0.4) is 0 Å². The molecular formula is C12H17NO4. The molecule has 0 bridgehead atoms. The van der Waals surface area contributed by atoms with Crippen molar-refractivity contribution in [1.82, 2.24) is 4.98 Å². The summed E-state index contributed by atoms with van der Waals surface area (Å²) in [5.41, 5.74) is 0.571. The number of aryl methyl sites for hydroxylation is 1. The summed E-state index contributed by atoms with van der Waals surface area (Å²) in [5, 5.41) is 9.05. The Labute approximate surface area is 99.8 Å². The number of aromatic nitrogens is 1. The van der Waals surface area contributed by atoms with E-state index in [1.54, 1.807) is 0 Å². The van der Waals surface area contributed by atoms with Gasteiger partial charge >= 0.3 is 5.97 Å². The molecule has 1 saturated heterocycles. The van der Waals surface area contributed by atoms with E-state index < -0.39 is 5.97 Å². The second-order valence-corrected chi connectivity index (χ2v) is 4.27. The van der Waals surface area contributed by atoms with Gasteiger partial charge < -0.3 is 14.3 Å². The molecule has 1 N–H and O–H groups in total. The third kappa shape index (κ3) is 2.66. The van der Waals surface area contributed by atoms with Crippen molar-refractivity contribution in [2.45, 2.75) is 38.5 Å². The lowest BCUT2D eigenvalue weighted by atomic mass is 10.0. The summed E-state index contributed by atoms with van der Waals surface area (Å²) in [6, 6.07) is 0. The molecule has 0 unspecified atom stereocenters. The van der Waals surface area contributed by atoms with E-state index in [0.29, 0.717) is 31.2 Å². The molecule has 0 aliphatic carbocycles. The van der Waals surface area contributed by atoms with Crippen LogP contribution in [0.2, 0.25) is 0 Å². The van der Waals surface area contributed by atoms with E-state index >= 15 is 0 Å². The highest BCUT2D eigenvalue weighted by atomic mass is 16.5. The van der Waals surface area contributed by atoms with E-state index in [1.165, 1.54) is 0 Å². The Bertz CT molecular complexity index is 393. The predicted molar refractivity (Wildman–Crippen MR) is 60.3 cm³/mol. The van der Waals surface area contributed by atoms with Crippen molar-refractivity contribution in [1.29, 1.82) is 0 Å². The highest BCUT2D eigenvalue weighted by molar-refractivity contribution is 5.85. The molecule has 0 amide bonds. The summed E-state index contributed by atoms with van der Waals surface area (Å²) in [6.45, 7) is 3.38. The fourth-order valence-electron chi connectivity index (χ4n) is 2.06. The Hall–Kier alpha value is -1.36. The lowest BCUT2D eigenvalue weighted by molar-refractivity contribution is 0.0645. The van der Waals surface area contributed by atoms with E-state index in [9.17, 15) is 4.79 Å². The van der Waals surface area contributed by atoms with Crippen LogP contribution in [0.25, 0.3) is 0 Å². The Kier molecular flexibility index (Phi) is 3.78. The van der Waals surface area contributed by atoms with Crippen molar-refractivity contribution < 1.29 is 19.1 Å². The van der Waals surface area contributed by atoms with Gasteiger partial charge in [-0.2, -0.15) is 0 Å². The molecule has 0 aromatic carbocycles. The van der Waals surface area contributed by atoms with Crippen molar-refractivity contribution in [2.75, 3.05) is 13.2 Å². The first-order valence-corrected chi connectivity index (χ1v) is 6.03. The Morgan fingerprint density at radius 3 is 2.76 bits per heavy atom. The van der Waals surface area contributed by atoms with Gasteiger partial charge in [0, 0.05) is 19.1 Å². The van der Waals surface area contributed by atoms with Crippen LogP contribution in [0.4, 0.5) is 0 Å². The second kappa shape index (κ2) is 5.31. The van der Waals surface area contributed by atoms with Gasteiger partial charge in [-0.25, -0.2) is 9.78 Å². The average Bonchev–Trinajstić information content (AvgIpc) is 2.75. The fourth-order valence-corrected chi connectivity index (χ4v) is 2.06. The minimum atomic E-state index is -1.03. The summed E-state index contributed by atoms with van der Waals surface area (Å²) in [5.74, 6) is -0.255. The second-order valence-electron chi connectivity index (χ2n) is 4.27. The van der Waals surface area contributed by atoms with Crippen LogP contribution >= 0.6 is 0 Å². The summed E-state index contributed by atoms with van der Waals surface area (Å²) >= 11 is 0. The van der Waals surface area contributed by atoms with Crippen molar-refractivity contribution in [3.8, 4) is 0 Å². The van der Waals surface area contributed by atoms with Gasteiger partial charge in [0.15, 0.2) is 5.89 Å². The van der Waals surface area contributed by atoms with E-state index in [4.69, 9.17) is 14.3 Å². The molecule has 0 spiro atoms. The Morgan fingerprint density at radius 1 is 1.47 bits per heavy atom. The number of nitrogens with zero attached hydrogens (tertiary/aromatic N) is 1. The first kappa shape index (κ1) is 12.1. The molecule has 1 aliphatic rings. The van der Waals surface area contributed by atoms with Crippen LogP contribution in [0.15, 0.2) is 4.42 Å². The average molecular weight is 239 g/mol. The highest BCUT2D eigenvalue weighted by Gasteiger charge is 2.25. The molecular weight excluding hydrogens is 222 g/mol. The molecule has 5 nitrogen and oxygen atoms in total. The maximum atomic E-state index is 11.0. The van der Waals surface area contributed by atoms with Gasteiger partial charge in [0.05, 0.1) is 5.69 Å². The van der Waals surface area contributed by atoms with Gasteiger partial charge in [0.1, 0.15) is 0 Å². The van der Waals surface area contributed by atoms with E-state index in [0.717, 1.165) is 19.3 Å². The van der Waals surface area contributed by atoms with Crippen molar-refractivity contribution >= 4 is 5.97 Å². The number of aromatic carboxylic acids is 1. The lowest BCUT2D eigenvalue weighted by Crippen LogP contribution is -2.14. The van der Waals surface area contributed by atoms with Crippen LogP contribution in [-0.4, -0.2) is 29.3 Å². The number of carbonyl (C=O) groups is 1. The van der Waals surface area contributed by atoms with Gasteiger partial charge in [-0.1, -0.05) is 13.3 Å². The summed E-state index contributed by atoms with van der Waals surface area (Å²) in [6.07, 6.45) is 3.21. The molecule has 1 aromatic rings. The molecule has 0 radical (unpaired) electrons. The normalized spacial score (nSPS) is 17.2. The quantitative estimate of drug-likeness (QED) is 0.872. The van der Waals surface area contributed by atoms with Gasteiger partial charge in [-0.3, -0.25) is 0 Å². The zero-order valence-electron chi connectivity index (χ0n) is 9.94. The first-order chi connectivity index (χ1) is 8.22. The van der Waals surface area contributed by atoms with Crippen molar-refractivity contribution in [3.05, 3.63) is 17.3 Å². The number of hydrogen-bond acceptors (Lipinski definition) is 4. The minimum Gasteiger partial charge on any atom is -0.475 e. The lowest BCUT2D eigenvalue weighted by Gasteiger charge is -2.18. The molecule has 0 atom stereocenters. The minimum absolute atomic E-state index is 0.00772. The summed E-state index contributed by atoms with van der Waals surface area (Å²) < 4.78 is 10.7. The molecule has 2 heterocycles. The Balaban J connectivity index is 2.22. The number of rotatable bonds is 4. The predicted octanol–water partition coefficient (Wildman–Crippen LogP) is 2.22. The van der Waals surface area contributed by atoms with Crippen LogP contribution in [0, 0.1) is 0 Å². The van der Waals surface area contributed by atoms with Gasteiger partial charge in [0.2, 0.25) is 5.76 Å². The number of carboxylic acids is 1. The summed E-state index contributed by atoms with van der Waals surface area (Å²) in [4.78, 5) is 15.4. The molecule has 0 saturated carbocycles. The zero-order valence-corrected chi connectivity index (χ0v) is 9.94. The molecule has 5 heteroatoms. The number of oxazole rings is 1. The third-order valence-electron chi connectivity index (χ3n) is 2.97. The molecule has 94 valence electrons. The van der Waals surface area contributed by atoms with Gasteiger partial charge in [-0.05, 0) is 19.3 Å². The number of carboxylic acid groups (broad SMARTS) is 1. The SMILES string of the molecule is CCCc1nc(C2CCOCC2)oc1C(=O)O. The van der Waals surface area contributed by atoms with Crippen LogP contribution in [0.5, 0.6) is 0 Å². The highest BCUT2D eigenvalue weighted by Crippen LogP contribution is 2.28. The molecule has 2 rings (SSSR count). The molecule has 1 fully saturated rings. The first-order valence-electron chi connectivity index (χ1n) is 6.03. The standard InChI is InChI=1S/C12H17NO4/c1-2-3-9-10(12(14)15)17-11(13-9)8-4-6-16-7-5-8/h8H,2-7H2,1H3,(H,14,15). The maximum Gasteiger partial charge on any atom is 0.373 e. The van der Waals surface area contributed by atoms with Crippen LogP contribution in [0.1, 0.15) is 54.2 Å². The smallest absolute Gasteiger partial charge is 0.373 e. The fraction of sp³-hybridized carbons (Fsp3) is 0.667. The zero-order chi connectivity index (χ0) is 12.3. The van der Waals surface area contributed by atoms with Gasteiger partial charge in [-0.15, -0.1) is 0 Å². The number of hydrogen-bond donors (Lipinski definition) is 1. The monoisotopic (exact) mass is 239 g/mol. The number of ether oxygens (including phenoxy) is 1. The van der Waals surface area contributed by atoms with Gasteiger partial charge in [0.25, 0.3) is 0 Å². The van der Waals surface area contributed by atoms with Crippen LogP contribution < -0.4 is 0 Å². The topological polar surface area (TPSA) is 72.6 Å². The largest absolute Gasteiger partial charge is 0.475 e. The Morgan fingerprint density at radius 2 is 2.18 bits per heavy atom. The van der Waals surface area contributed by atoms with E-state index in [1.807, 2.05) is 6.92 Å². The molecule has 1 aliphatic heterocycles. The van der Waals surface area contributed by atoms with E-state index in [2.05, 4.69) is 4.98 Å². The van der Waals surface area contributed by atoms with Crippen molar-refractivity contribution in [3.63, 3.8) is 0 Å². The third-order valence-corrected chi connectivity index (χ3v) is 2.97. The van der Waals surface area contributed by atoms with Crippen molar-refractivity contribution in [2.24, 2.45) is 0 Å². The van der Waals surface area contributed by atoms with Crippen LogP contribution in [-0.2, 0) is 11.2 Å². The summed E-state index contributed by atoms with van der Waals surface area (Å²) in [7, 11) is 0.